The van der Waals surface area contributed by atoms with Gasteiger partial charge in [-0.3, -0.25) is 0 Å². The third kappa shape index (κ3) is 3.25. The Labute approximate surface area is 156 Å². The molecule has 0 heterocycles. The van der Waals surface area contributed by atoms with Gasteiger partial charge in [0.25, 0.3) is 8.32 Å². The Kier molecular flexibility index (Phi) is 5.36. The molecule has 1 saturated carbocycles. The van der Waals surface area contributed by atoms with Gasteiger partial charge < -0.3 is 4.43 Å². The summed E-state index contributed by atoms with van der Waals surface area (Å²) in [6, 6.07) is 20.4. The van der Waals surface area contributed by atoms with E-state index in [1.807, 2.05) is 36.4 Å². The quantitative estimate of drug-likeness (QED) is 0.647. The zero-order chi connectivity index (χ0) is 18.8. The molecule has 0 amide bonds. The van der Waals surface area contributed by atoms with Gasteiger partial charge in [-0.25, -0.2) is 8.78 Å². The van der Waals surface area contributed by atoms with Gasteiger partial charge in [0, 0.05) is 6.61 Å². The lowest BCUT2D eigenvalue weighted by Crippen LogP contribution is -2.67. The van der Waals surface area contributed by atoms with Crippen molar-refractivity contribution in [3.8, 4) is 0 Å². The maximum atomic E-state index is 13.7. The van der Waals surface area contributed by atoms with Crippen LogP contribution >= 0.6 is 0 Å². The van der Waals surface area contributed by atoms with Crippen LogP contribution in [0.25, 0.3) is 0 Å². The summed E-state index contributed by atoms with van der Waals surface area (Å²) in [6.45, 7) is 6.66. The van der Waals surface area contributed by atoms with Gasteiger partial charge in [-0.05, 0) is 28.3 Å². The summed E-state index contributed by atoms with van der Waals surface area (Å²) < 4.78 is 34.2. The Balaban J connectivity index is 2.09. The summed E-state index contributed by atoms with van der Waals surface area (Å²) in [7, 11) is -2.72. The average molecular weight is 375 g/mol. The van der Waals surface area contributed by atoms with Crippen LogP contribution in [0.2, 0.25) is 5.04 Å². The Morgan fingerprint density at radius 2 is 1.38 bits per heavy atom. The maximum Gasteiger partial charge on any atom is 0.261 e. The summed E-state index contributed by atoms with van der Waals surface area (Å²) >= 11 is 0. The third-order valence-electron chi connectivity index (χ3n) is 5.81. The number of hydrogen-bond acceptors (Lipinski definition) is 1. The fraction of sp³-hybridized carbons (Fsp3) is 0.455. The molecule has 2 aromatic rings. The summed E-state index contributed by atoms with van der Waals surface area (Å²) in [5.74, 6) is 0. The predicted molar refractivity (Wildman–Crippen MR) is 106 cm³/mol. The van der Waals surface area contributed by atoms with Gasteiger partial charge in [-0.15, -0.1) is 0 Å². The predicted octanol–water partition coefficient (Wildman–Crippen LogP) is 5.00. The standard InChI is InChI=1S/C22H28F2OSi/c1-21(2,3)26(18-11-6-4-7-12-18,19-13-8-5-9-14-19)25-17-22(20(23)24)15-10-16-22/h4-9,11-14,20H,10,15-17H2,1-3H3. The van der Waals surface area contributed by atoms with Crippen molar-refractivity contribution in [1.82, 2.24) is 0 Å². The minimum atomic E-state index is -2.72. The Morgan fingerprint density at radius 1 is 0.923 bits per heavy atom. The van der Waals surface area contributed by atoms with Gasteiger partial charge in [0.1, 0.15) is 0 Å². The highest BCUT2D eigenvalue weighted by atomic mass is 28.4. The van der Waals surface area contributed by atoms with E-state index >= 15 is 0 Å². The zero-order valence-corrected chi connectivity index (χ0v) is 16.8. The lowest BCUT2D eigenvalue weighted by molar-refractivity contribution is -0.0881. The molecule has 140 valence electrons. The Hall–Kier alpha value is -1.52. The van der Waals surface area contributed by atoms with Crippen molar-refractivity contribution in [3.63, 3.8) is 0 Å². The summed E-state index contributed by atoms with van der Waals surface area (Å²) in [5.41, 5.74) is -0.965. The first-order chi connectivity index (χ1) is 12.3. The molecule has 0 radical (unpaired) electrons. The highest BCUT2D eigenvalue weighted by Crippen LogP contribution is 2.48. The molecule has 1 aliphatic rings. The third-order valence-corrected chi connectivity index (χ3v) is 10.8. The molecule has 0 bridgehead atoms. The van der Waals surface area contributed by atoms with E-state index in [2.05, 4.69) is 45.0 Å². The van der Waals surface area contributed by atoms with Crippen molar-refractivity contribution in [2.24, 2.45) is 5.41 Å². The lowest BCUT2D eigenvalue weighted by atomic mass is 9.70. The number of rotatable bonds is 6. The molecule has 0 unspecified atom stereocenters. The summed E-state index contributed by atoms with van der Waals surface area (Å²) in [4.78, 5) is 0. The van der Waals surface area contributed by atoms with Gasteiger partial charge in [0.15, 0.2) is 0 Å². The first kappa shape index (κ1) is 19.2. The largest absolute Gasteiger partial charge is 0.407 e. The number of hydrogen-bond donors (Lipinski definition) is 0. The van der Waals surface area contributed by atoms with Crippen LogP contribution in [0.4, 0.5) is 8.78 Å². The molecule has 0 atom stereocenters. The zero-order valence-electron chi connectivity index (χ0n) is 15.8. The van der Waals surface area contributed by atoms with E-state index in [1.54, 1.807) is 0 Å². The smallest absolute Gasteiger partial charge is 0.261 e. The molecule has 0 aliphatic heterocycles. The molecule has 3 rings (SSSR count). The minimum Gasteiger partial charge on any atom is -0.407 e. The normalized spacial score (nSPS) is 17.2. The van der Waals surface area contributed by atoms with Crippen molar-refractivity contribution in [1.29, 1.82) is 0 Å². The highest BCUT2D eigenvalue weighted by Gasteiger charge is 2.53. The van der Waals surface area contributed by atoms with E-state index in [9.17, 15) is 8.78 Å². The molecule has 1 aliphatic carbocycles. The van der Waals surface area contributed by atoms with E-state index < -0.39 is 20.2 Å². The monoisotopic (exact) mass is 374 g/mol. The molecular formula is C22H28F2OSi. The second-order valence-electron chi connectivity index (χ2n) is 8.47. The van der Waals surface area contributed by atoms with Crippen LogP contribution in [0.5, 0.6) is 0 Å². The van der Waals surface area contributed by atoms with E-state index in [0.717, 1.165) is 16.8 Å². The van der Waals surface area contributed by atoms with Gasteiger partial charge in [-0.2, -0.15) is 0 Å². The van der Waals surface area contributed by atoms with E-state index in [4.69, 9.17) is 4.43 Å². The number of halogens is 2. The fourth-order valence-corrected chi connectivity index (χ4v) is 8.73. The lowest BCUT2D eigenvalue weighted by Gasteiger charge is -2.48. The SMILES string of the molecule is CC(C)(C)[Si](OCC1(C(F)F)CCC1)(c1ccccc1)c1ccccc1. The second kappa shape index (κ2) is 7.24. The van der Waals surface area contributed by atoms with Crippen LogP contribution in [0.1, 0.15) is 40.0 Å². The van der Waals surface area contributed by atoms with E-state index in [-0.39, 0.29) is 11.6 Å². The molecule has 0 saturated heterocycles. The molecule has 26 heavy (non-hydrogen) atoms. The molecule has 4 heteroatoms. The average Bonchev–Trinajstić information content (AvgIpc) is 2.57. The van der Waals surface area contributed by atoms with Crippen LogP contribution in [-0.4, -0.2) is 21.3 Å². The number of benzene rings is 2. The summed E-state index contributed by atoms with van der Waals surface area (Å²) in [5, 5.41) is 2.10. The Bertz CT molecular complexity index is 666. The van der Waals surface area contributed by atoms with Crippen LogP contribution in [0.3, 0.4) is 0 Å². The minimum absolute atomic E-state index is 0.137. The van der Waals surface area contributed by atoms with Crippen molar-refractivity contribution in [2.75, 3.05) is 6.61 Å². The first-order valence-corrected chi connectivity index (χ1v) is 11.3. The van der Waals surface area contributed by atoms with Crippen molar-refractivity contribution in [2.45, 2.75) is 51.5 Å². The topological polar surface area (TPSA) is 9.23 Å². The number of alkyl halides is 2. The van der Waals surface area contributed by atoms with Crippen LogP contribution < -0.4 is 10.4 Å². The van der Waals surface area contributed by atoms with Crippen molar-refractivity contribution in [3.05, 3.63) is 60.7 Å². The molecule has 2 aromatic carbocycles. The van der Waals surface area contributed by atoms with Crippen molar-refractivity contribution < 1.29 is 13.2 Å². The molecule has 1 fully saturated rings. The van der Waals surface area contributed by atoms with Gasteiger partial charge in [-0.1, -0.05) is 87.9 Å². The van der Waals surface area contributed by atoms with E-state index in [1.165, 1.54) is 0 Å². The summed E-state index contributed by atoms with van der Waals surface area (Å²) in [6.07, 6.45) is -0.338. The Morgan fingerprint density at radius 3 is 1.69 bits per heavy atom. The molecule has 0 N–H and O–H groups in total. The fourth-order valence-electron chi connectivity index (χ4n) is 4.07. The van der Waals surface area contributed by atoms with Gasteiger partial charge >= 0.3 is 0 Å². The molecule has 0 spiro atoms. The first-order valence-electron chi connectivity index (χ1n) is 9.35. The van der Waals surface area contributed by atoms with Gasteiger partial charge in [0.2, 0.25) is 6.43 Å². The molecule has 0 aromatic heterocycles. The maximum absolute atomic E-state index is 13.7. The van der Waals surface area contributed by atoms with Crippen LogP contribution in [-0.2, 0) is 4.43 Å². The van der Waals surface area contributed by atoms with Crippen LogP contribution in [0, 0.1) is 5.41 Å². The van der Waals surface area contributed by atoms with Gasteiger partial charge in [0.05, 0.1) is 5.41 Å². The second-order valence-corrected chi connectivity index (χ2v) is 12.8. The van der Waals surface area contributed by atoms with E-state index in [0.29, 0.717) is 12.8 Å². The molecule has 1 nitrogen and oxygen atoms in total. The highest BCUT2D eigenvalue weighted by molar-refractivity contribution is 6.99. The van der Waals surface area contributed by atoms with Crippen LogP contribution in [0.15, 0.2) is 60.7 Å². The van der Waals surface area contributed by atoms with Crippen molar-refractivity contribution >= 4 is 18.7 Å². The molecular weight excluding hydrogens is 346 g/mol.